The maximum Gasteiger partial charge on any atom is 0.276 e. The number of aromatic amines is 1. The maximum atomic E-state index is 11.0. The van der Waals surface area contributed by atoms with Crippen LogP contribution in [-0.4, -0.2) is 26.0 Å². The number of nitro groups is 1. The number of aromatic nitrogens is 3. The van der Waals surface area contributed by atoms with Crippen molar-refractivity contribution < 1.29 is 9.66 Å². The minimum atomic E-state index is -0.429. The van der Waals surface area contributed by atoms with E-state index in [1.807, 2.05) is 30.3 Å². The van der Waals surface area contributed by atoms with Crippen LogP contribution < -0.4 is 4.74 Å². The lowest BCUT2D eigenvalue weighted by Gasteiger charge is -2.04. The van der Waals surface area contributed by atoms with Gasteiger partial charge in [-0.05, 0) is 42.6 Å². The van der Waals surface area contributed by atoms with Crippen molar-refractivity contribution in [1.82, 2.24) is 14.9 Å². The van der Waals surface area contributed by atoms with Crippen LogP contribution in [0.15, 0.2) is 65.8 Å². The molecular weight excluding hydrogens is 366 g/mol. The average Bonchev–Trinajstić information content (AvgIpc) is 3.04. The third kappa shape index (κ3) is 4.73. The van der Waals surface area contributed by atoms with Crippen LogP contribution in [0.4, 0.5) is 5.69 Å². The number of rotatable bonds is 7. The lowest BCUT2D eigenvalue weighted by molar-refractivity contribution is -0.385. The van der Waals surface area contributed by atoms with Crippen molar-refractivity contribution in [3.05, 3.63) is 86.9 Å². The van der Waals surface area contributed by atoms with Crippen LogP contribution in [0.25, 0.3) is 6.08 Å². The van der Waals surface area contributed by atoms with E-state index in [4.69, 9.17) is 17.0 Å². The van der Waals surface area contributed by atoms with Gasteiger partial charge >= 0.3 is 0 Å². The van der Waals surface area contributed by atoms with Crippen molar-refractivity contribution in [2.45, 2.75) is 6.61 Å². The molecule has 3 aromatic rings. The number of ether oxygens (including phenoxy) is 1. The highest BCUT2D eigenvalue weighted by Gasteiger charge is 2.09. The van der Waals surface area contributed by atoms with Crippen molar-refractivity contribution in [2.24, 2.45) is 5.10 Å². The van der Waals surface area contributed by atoms with Crippen LogP contribution in [0.2, 0.25) is 0 Å². The standard InChI is InChI=1S/C18H15N5O3S/c24-23(25)16-11-5-4-7-14(16)8-6-12-19-22-17(20-21-18(22)27)13-26-15-9-2-1-3-10-15/h1-12H,13H2,(H,21,27). The summed E-state index contributed by atoms with van der Waals surface area (Å²) in [5, 5.41) is 22.0. The summed E-state index contributed by atoms with van der Waals surface area (Å²) in [7, 11) is 0. The van der Waals surface area contributed by atoms with Crippen LogP contribution in [0.1, 0.15) is 11.4 Å². The molecule has 8 nitrogen and oxygen atoms in total. The molecule has 1 aromatic heterocycles. The van der Waals surface area contributed by atoms with Crippen molar-refractivity contribution >= 4 is 30.2 Å². The van der Waals surface area contributed by atoms with Gasteiger partial charge in [-0.1, -0.05) is 30.3 Å². The third-order valence-electron chi connectivity index (χ3n) is 3.51. The van der Waals surface area contributed by atoms with Gasteiger partial charge in [-0.25, -0.2) is 5.10 Å². The highest BCUT2D eigenvalue weighted by atomic mass is 32.1. The molecule has 2 aromatic carbocycles. The number of nitro benzene ring substituents is 1. The van der Waals surface area contributed by atoms with Crippen LogP contribution in [-0.2, 0) is 6.61 Å². The molecule has 0 atom stereocenters. The Labute approximate surface area is 159 Å². The molecule has 0 amide bonds. The first kappa shape index (κ1) is 18.2. The maximum absolute atomic E-state index is 11.0. The zero-order chi connectivity index (χ0) is 19.1. The largest absolute Gasteiger partial charge is 0.486 e. The van der Waals surface area contributed by atoms with E-state index in [2.05, 4.69) is 15.3 Å². The Hall–Kier alpha value is -3.59. The number of allylic oxidation sites excluding steroid dienone is 1. The predicted octanol–water partition coefficient (Wildman–Crippen LogP) is 3.98. The van der Waals surface area contributed by atoms with E-state index in [1.54, 1.807) is 30.4 Å². The SMILES string of the molecule is O=[N+]([O-])c1ccccc1C=CC=Nn1c(COc2ccccc2)n[nH]c1=S. The Bertz CT molecular complexity index is 1040. The van der Waals surface area contributed by atoms with E-state index in [9.17, 15) is 10.1 Å². The van der Waals surface area contributed by atoms with Gasteiger partial charge in [0.2, 0.25) is 4.77 Å². The van der Waals surface area contributed by atoms with Gasteiger partial charge in [0.05, 0.1) is 10.5 Å². The number of H-pyrrole nitrogens is 1. The molecule has 0 spiro atoms. The fraction of sp³-hybridized carbons (Fsp3) is 0.0556. The first-order chi connectivity index (χ1) is 13.1. The van der Waals surface area contributed by atoms with Gasteiger partial charge in [-0.3, -0.25) is 10.1 Å². The Morgan fingerprint density at radius 2 is 1.96 bits per heavy atom. The molecule has 0 aliphatic rings. The molecule has 0 bridgehead atoms. The normalized spacial score (nSPS) is 11.3. The summed E-state index contributed by atoms with van der Waals surface area (Å²) in [6.07, 6.45) is 4.68. The van der Waals surface area contributed by atoms with Gasteiger partial charge in [0, 0.05) is 12.3 Å². The summed E-state index contributed by atoms with van der Waals surface area (Å²) in [6.45, 7) is 0.183. The molecule has 0 aliphatic carbocycles. The van der Waals surface area contributed by atoms with Crippen LogP contribution in [0, 0.1) is 14.9 Å². The minimum absolute atomic E-state index is 0.0269. The number of hydrogen-bond acceptors (Lipinski definition) is 6. The first-order valence-electron chi connectivity index (χ1n) is 7.94. The number of benzene rings is 2. The molecule has 3 rings (SSSR count). The van der Waals surface area contributed by atoms with Crippen molar-refractivity contribution in [2.75, 3.05) is 0 Å². The molecule has 0 unspecified atom stereocenters. The molecule has 0 aliphatic heterocycles. The second-order valence-electron chi connectivity index (χ2n) is 5.30. The fourth-order valence-electron chi connectivity index (χ4n) is 2.25. The summed E-state index contributed by atoms with van der Waals surface area (Å²) >= 11 is 5.16. The molecule has 1 N–H and O–H groups in total. The average molecular weight is 381 g/mol. The third-order valence-corrected chi connectivity index (χ3v) is 3.77. The summed E-state index contributed by atoms with van der Waals surface area (Å²) in [4.78, 5) is 10.6. The van der Waals surface area contributed by atoms with Gasteiger partial charge in [0.25, 0.3) is 5.69 Å². The zero-order valence-electron chi connectivity index (χ0n) is 14.1. The second kappa shape index (κ2) is 8.68. The lowest BCUT2D eigenvalue weighted by Crippen LogP contribution is -2.03. The van der Waals surface area contributed by atoms with Gasteiger partial charge in [-0.15, -0.1) is 0 Å². The molecule has 0 saturated carbocycles. The smallest absolute Gasteiger partial charge is 0.276 e. The van der Waals surface area contributed by atoms with Crippen LogP contribution in [0.5, 0.6) is 5.75 Å². The van der Waals surface area contributed by atoms with E-state index >= 15 is 0 Å². The monoisotopic (exact) mass is 381 g/mol. The number of hydrogen-bond donors (Lipinski definition) is 1. The fourth-order valence-corrected chi connectivity index (χ4v) is 2.45. The van der Waals surface area contributed by atoms with Crippen molar-refractivity contribution in [1.29, 1.82) is 0 Å². The van der Waals surface area contributed by atoms with Gasteiger partial charge < -0.3 is 4.74 Å². The molecule has 0 radical (unpaired) electrons. The predicted molar refractivity (Wildman–Crippen MR) is 104 cm³/mol. The van der Waals surface area contributed by atoms with Gasteiger partial charge in [-0.2, -0.15) is 14.9 Å². The van der Waals surface area contributed by atoms with E-state index in [1.165, 1.54) is 17.0 Å². The molecule has 9 heteroatoms. The summed E-state index contributed by atoms with van der Waals surface area (Å²) in [5.41, 5.74) is 0.511. The molecule has 0 saturated heterocycles. The van der Waals surface area contributed by atoms with Crippen LogP contribution >= 0.6 is 12.2 Å². The number of para-hydroxylation sites is 2. The number of nitrogens with one attached hydrogen (secondary N) is 1. The van der Waals surface area contributed by atoms with Crippen molar-refractivity contribution in [3.63, 3.8) is 0 Å². The Morgan fingerprint density at radius 3 is 2.74 bits per heavy atom. The molecule has 0 fully saturated rings. The lowest BCUT2D eigenvalue weighted by atomic mass is 10.2. The highest BCUT2D eigenvalue weighted by molar-refractivity contribution is 7.71. The molecule has 136 valence electrons. The quantitative estimate of drug-likeness (QED) is 0.289. The topological polar surface area (TPSA) is 98.3 Å². The highest BCUT2D eigenvalue weighted by Crippen LogP contribution is 2.18. The summed E-state index contributed by atoms with van der Waals surface area (Å²) in [6, 6.07) is 15.8. The Kier molecular flexibility index (Phi) is 5.85. The van der Waals surface area contributed by atoms with E-state index in [0.717, 1.165) is 0 Å². The summed E-state index contributed by atoms with van der Waals surface area (Å²) in [5.74, 6) is 1.21. The van der Waals surface area contributed by atoms with E-state index < -0.39 is 4.92 Å². The zero-order valence-corrected chi connectivity index (χ0v) is 14.9. The van der Waals surface area contributed by atoms with Crippen molar-refractivity contribution in [3.8, 4) is 5.75 Å². The van der Waals surface area contributed by atoms with Gasteiger partial charge in [0.1, 0.15) is 12.4 Å². The second-order valence-corrected chi connectivity index (χ2v) is 5.68. The van der Waals surface area contributed by atoms with E-state index in [0.29, 0.717) is 21.9 Å². The minimum Gasteiger partial charge on any atom is -0.486 e. The molecule has 1 heterocycles. The van der Waals surface area contributed by atoms with Crippen LogP contribution in [0.3, 0.4) is 0 Å². The molecule has 27 heavy (non-hydrogen) atoms. The van der Waals surface area contributed by atoms with Gasteiger partial charge in [0.15, 0.2) is 5.82 Å². The van der Waals surface area contributed by atoms with E-state index in [-0.39, 0.29) is 12.3 Å². The summed E-state index contributed by atoms with van der Waals surface area (Å²) < 4.78 is 7.40. The molecular formula is C18H15N5O3S. The Morgan fingerprint density at radius 1 is 1.22 bits per heavy atom. The number of nitrogens with zero attached hydrogens (tertiary/aromatic N) is 4. The first-order valence-corrected chi connectivity index (χ1v) is 8.34. The Balaban J connectivity index is 1.72.